The van der Waals surface area contributed by atoms with E-state index in [1.54, 1.807) is 20.8 Å². The fourth-order valence-electron chi connectivity index (χ4n) is 2.66. The molecule has 0 aromatic heterocycles. The number of amides is 2. The van der Waals surface area contributed by atoms with Crippen molar-refractivity contribution in [3.8, 4) is 0 Å². The van der Waals surface area contributed by atoms with Gasteiger partial charge in [0.2, 0.25) is 5.91 Å². The van der Waals surface area contributed by atoms with Crippen LogP contribution in [0.25, 0.3) is 0 Å². The van der Waals surface area contributed by atoms with Gasteiger partial charge in [-0.2, -0.15) is 0 Å². The lowest BCUT2D eigenvalue weighted by atomic mass is 9.97. The van der Waals surface area contributed by atoms with Crippen LogP contribution in [0.3, 0.4) is 0 Å². The Bertz CT molecular complexity index is 717. The summed E-state index contributed by atoms with van der Waals surface area (Å²) in [4.78, 5) is 36.5. The van der Waals surface area contributed by atoms with Crippen LogP contribution in [0.4, 0.5) is 16.2 Å². The van der Waals surface area contributed by atoms with Gasteiger partial charge in [-0.25, -0.2) is 4.79 Å². The zero-order valence-electron chi connectivity index (χ0n) is 15.0. The van der Waals surface area contributed by atoms with E-state index >= 15 is 0 Å². The van der Waals surface area contributed by atoms with Gasteiger partial charge in [-0.05, 0) is 45.7 Å². The van der Waals surface area contributed by atoms with Crippen molar-refractivity contribution in [1.29, 1.82) is 0 Å². The lowest BCUT2D eigenvalue weighted by Crippen LogP contribution is -2.45. The number of ether oxygens (including phenoxy) is 1. The number of likely N-dealkylation sites (tertiary alicyclic amines) is 1. The van der Waals surface area contributed by atoms with E-state index in [0.717, 1.165) is 0 Å². The molecule has 1 aromatic rings. The Morgan fingerprint density at radius 1 is 1.38 bits per heavy atom. The van der Waals surface area contributed by atoms with Gasteiger partial charge in [0.1, 0.15) is 10.6 Å². The van der Waals surface area contributed by atoms with Gasteiger partial charge in [0.05, 0.1) is 10.8 Å². The molecule has 2 amide bonds. The second-order valence-electron chi connectivity index (χ2n) is 7.18. The molecule has 8 nitrogen and oxygen atoms in total. The largest absolute Gasteiger partial charge is 0.444 e. The number of rotatable bonds is 3. The van der Waals surface area contributed by atoms with Gasteiger partial charge in [-0.15, -0.1) is 0 Å². The molecule has 0 saturated carbocycles. The minimum atomic E-state index is -0.608. The third-order valence-corrected chi connectivity index (χ3v) is 4.17. The summed E-state index contributed by atoms with van der Waals surface area (Å²) >= 11 is 5.77. The Hall–Kier alpha value is -2.35. The number of hydrogen-bond donors (Lipinski definition) is 1. The molecule has 1 N–H and O–H groups in total. The zero-order valence-corrected chi connectivity index (χ0v) is 15.7. The van der Waals surface area contributed by atoms with Crippen molar-refractivity contribution in [1.82, 2.24) is 4.90 Å². The van der Waals surface area contributed by atoms with E-state index in [1.807, 2.05) is 0 Å². The molecular weight excluding hydrogens is 362 g/mol. The highest BCUT2D eigenvalue weighted by Crippen LogP contribution is 2.28. The van der Waals surface area contributed by atoms with E-state index in [2.05, 4.69) is 5.32 Å². The van der Waals surface area contributed by atoms with E-state index < -0.39 is 22.5 Å². The lowest BCUT2D eigenvalue weighted by Gasteiger charge is -2.33. The summed E-state index contributed by atoms with van der Waals surface area (Å²) in [6.45, 7) is 6.13. The van der Waals surface area contributed by atoms with Gasteiger partial charge in [0.25, 0.3) is 5.69 Å². The average molecular weight is 384 g/mol. The van der Waals surface area contributed by atoms with Gasteiger partial charge in [-0.3, -0.25) is 14.9 Å². The summed E-state index contributed by atoms with van der Waals surface area (Å²) < 4.78 is 5.34. The van der Waals surface area contributed by atoms with Crippen LogP contribution in [0.15, 0.2) is 18.2 Å². The van der Waals surface area contributed by atoms with Crippen molar-refractivity contribution in [3.05, 3.63) is 33.3 Å². The number of hydrogen-bond acceptors (Lipinski definition) is 5. The van der Waals surface area contributed by atoms with Gasteiger partial charge in [0, 0.05) is 24.8 Å². The molecule has 1 fully saturated rings. The van der Waals surface area contributed by atoms with E-state index in [1.165, 1.54) is 23.1 Å². The predicted octanol–water partition coefficient (Wildman–Crippen LogP) is 3.83. The SMILES string of the molecule is CC(C)(C)OC(=O)N1CCCC(C(=O)Nc2ccc(Cl)c([N+](=O)[O-])c2)C1. The van der Waals surface area contributed by atoms with Crippen LogP contribution >= 0.6 is 11.6 Å². The van der Waals surface area contributed by atoms with Crippen LogP contribution in [-0.2, 0) is 9.53 Å². The topological polar surface area (TPSA) is 102 Å². The van der Waals surface area contributed by atoms with Crippen LogP contribution in [-0.4, -0.2) is 40.5 Å². The van der Waals surface area contributed by atoms with Crippen molar-refractivity contribution in [2.24, 2.45) is 5.92 Å². The monoisotopic (exact) mass is 383 g/mol. The molecule has 1 saturated heterocycles. The molecule has 1 aliphatic rings. The number of anilines is 1. The number of nitrogens with one attached hydrogen (secondary N) is 1. The van der Waals surface area contributed by atoms with Crippen molar-refractivity contribution in [3.63, 3.8) is 0 Å². The fraction of sp³-hybridized carbons (Fsp3) is 0.529. The maximum atomic E-state index is 12.5. The standard InChI is InChI=1S/C17H22ClN3O5/c1-17(2,3)26-16(23)20-8-4-5-11(10-20)15(22)19-12-6-7-13(18)14(9-12)21(24)25/h6-7,9,11H,4-5,8,10H2,1-3H3,(H,19,22). The molecular formula is C17H22ClN3O5. The third kappa shape index (κ3) is 5.32. The van der Waals surface area contributed by atoms with E-state index in [-0.39, 0.29) is 23.2 Å². The van der Waals surface area contributed by atoms with Gasteiger partial charge in [0.15, 0.2) is 0 Å². The molecule has 142 valence electrons. The molecule has 0 aliphatic carbocycles. The summed E-state index contributed by atoms with van der Waals surface area (Å²) in [5.41, 5.74) is -0.585. The lowest BCUT2D eigenvalue weighted by molar-refractivity contribution is -0.384. The molecule has 1 aromatic carbocycles. The average Bonchev–Trinajstić information content (AvgIpc) is 2.55. The van der Waals surface area contributed by atoms with E-state index in [4.69, 9.17) is 16.3 Å². The van der Waals surface area contributed by atoms with Crippen LogP contribution in [0.1, 0.15) is 33.6 Å². The first kappa shape index (κ1) is 20.0. The zero-order chi connectivity index (χ0) is 19.5. The minimum absolute atomic E-state index is 0.00164. The second kappa shape index (κ2) is 7.90. The van der Waals surface area contributed by atoms with E-state index in [9.17, 15) is 19.7 Å². The highest BCUT2D eigenvalue weighted by Gasteiger charge is 2.31. The second-order valence-corrected chi connectivity index (χ2v) is 7.59. The van der Waals surface area contributed by atoms with Crippen LogP contribution in [0.5, 0.6) is 0 Å². The maximum absolute atomic E-state index is 12.5. The predicted molar refractivity (Wildman–Crippen MR) is 97.3 cm³/mol. The third-order valence-electron chi connectivity index (χ3n) is 3.85. The molecule has 0 bridgehead atoms. The number of piperidine rings is 1. The number of nitro groups is 1. The number of nitro benzene ring substituents is 1. The van der Waals surface area contributed by atoms with Gasteiger partial charge in [-0.1, -0.05) is 11.6 Å². The van der Waals surface area contributed by atoms with Gasteiger partial charge >= 0.3 is 6.09 Å². The Kier molecular flexibility index (Phi) is 6.07. The highest BCUT2D eigenvalue weighted by atomic mass is 35.5. The van der Waals surface area contributed by atoms with Crippen molar-refractivity contribution in [2.45, 2.75) is 39.2 Å². The van der Waals surface area contributed by atoms with Crippen LogP contribution < -0.4 is 5.32 Å². The number of benzene rings is 1. The summed E-state index contributed by atoms with van der Waals surface area (Å²) in [5, 5.41) is 13.6. The number of nitrogens with zero attached hydrogens (tertiary/aromatic N) is 2. The van der Waals surface area contributed by atoms with Crippen molar-refractivity contribution >= 4 is 35.0 Å². The molecule has 26 heavy (non-hydrogen) atoms. The normalized spacial score (nSPS) is 17.5. The van der Waals surface area contributed by atoms with E-state index in [0.29, 0.717) is 25.1 Å². The Morgan fingerprint density at radius 3 is 2.69 bits per heavy atom. The van der Waals surface area contributed by atoms with Crippen molar-refractivity contribution < 1.29 is 19.2 Å². The first-order valence-corrected chi connectivity index (χ1v) is 8.67. The molecule has 2 rings (SSSR count). The van der Waals surface area contributed by atoms with Crippen LogP contribution in [0.2, 0.25) is 5.02 Å². The quantitative estimate of drug-likeness (QED) is 0.631. The van der Waals surface area contributed by atoms with Crippen LogP contribution in [0, 0.1) is 16.0 Å². The Labute approximate surface area is 156 Å². The van der Waals surface area contributed by atoms with Crippen molar-refractivity contribution in [2.75, 3.05) is 18.4 Å². The Balaban J connectivity index is 2.02. The summed E-state index contributed by atoms with van der Waals surface area (Å²) in [6, 6.07) is 4.08. The van der Waals surface area contributed by atoms with Gasteiger partial charge < -0.3 is 15.0 Å². The summed E-state index contributed by atoms with van der Waals surface area (Å²) in [6.07, 6.45) is 0.857. The first-order chi connectivity index (χ1) is 12.1. The highest BCUT2D eigenvalue weighted by molar-refractivity contribution is 6.32. The number of carbonyl (C=O) groups is 2. The fourth-order valence-corrected chi connectivity index (χ4v) is 2.84. The first-order valence-electron chi connectivity index (χ1n) is 8.29. The molecule has 1 atom stereocenters. The molecule has 1 unspecified atom stereocenters. The maximum Gasteiger partial charge on any atom is 0.410 e. The molecule has 1 aliphatic heterocycles. The summed E-state index contributed by atoms with van der Waals surface area (Å²) in [7, 11) is 0. The molecule has 1 heterocycles. The molecule has 9 heteroatoms. The summed E-state index contributed by atoms with van der Waals surface area (Å²) in [5.74, 6) is -0.708. The molecule has 0 radical (unpaired) electrons. The molecule has 0 spiro atoms. The minimum Gasteiger partial charge on any atom is -0.444 e. The number of carbonyl (C=O) groups excluding carboxylic acids is 2. The Morgan fingerprint density at radius 2 is 2.08 bits per heavy atom. The smallest absolute Gasteiger partial charge is 0.410 e. The number of halogens is 1.